The second-order valence-electron chi connectivity index (χ2n) is 8.09. The van der Waals surface area contributed by atoms with Crippen LogP contribution in [-0.4, -0.2) is 51.7 Å². The van der Waals surface area contributed by atoms with Crippen molar-refractivity contribution in [1.29, 1.82) is 5.26 Å². The van der Waals surface area contributed by atoms with Crippen molar-refractivity contribution in [3.05, 3.63) is 92.4 Å². The number of amides is 1. The number of nitriles is 1. The molecule has 4 rings (SSSR count). The van der Waals surface area contributed by atoms with Gasteiger partial charge in [-0.3, -0.25) is 14.5 Å². The van der Waals surface area contributed by atoms with E-state index >= 15 is 0 Å². The molecule has 2 aromatic carbocycles. The van der Waals surface area contributed by atoms with Gasteiger partial charge < -0.3 is 4.90 Å². The summed E-state index contributed by atoms with van der Waals surface area (Å²) in [6, 6.07) is 18.3. The molecule has 0 spiro atoms. The van der Waals surface area contributed by atoms with Crippen LogP contribution < -0.4 is 5.43 Å². The topological polar surface area (TPSA) is 82.2 Å². The number of carbonyl (C=O) groups excluding carboxylic acids is 1. The minimum atomic E-state index is -0.389. The SMILES string of the molecule is Cc1cc(=O)c(C(=O)N2CCCN(Cc3ccc(C#N)cc3)CC2)nn1-c1ccccc1Cl. The Balaban J connectivity index is 1.50. The van der Waals surface area contributed by atoms with Crippen LogP contribution >= 0.6 is 11.6 Å². The number of carbonyl (C=O) groups is 1. The van der Waals surface area contributed by atoms with Crippen molar-refractivity contribution < 1.29 is 4.79 Å². The molecule has 0 atom stereocenters. The second-order valence-corrected chi connectivity index (χ2v) is 8.50. The predicted octanol–water partition coefficient (Wildman–Crippen LogP) is 3.41. The number of halogens is 1. The normalized spacial score (nSPS) is 14.5. The highest BCUT2D eigenvalue weighted by molar-refractivity contribution is 6.32. The highest BCUT2D eigenvalue weighted by Crippen LogP contribution is 2.20. The van der Waals surface area contributed by atoms with Gasteiger partial charge in [0.15, 0.2) is 5.69 Å². The van der Waals surface area contributed by atoms with Crippen LogP contribution in [0.4, 0.5) is 0 Å². The van der Waals surface area contributed by atoms with Gasteiger partial charge in [-0.2, -0.15) is 10.4 Å². The Kier molecular flexibility index (Phi) is 6.87. The van der Waals surface area contributed by atoms with Gasteiger partial charge in [-0.05, 0) is 43.2 Å². The summed E-state index contributed by atoms with van der Waals surface area (Å²) < 4.78 is 1.55. The molecule has 3 aromatic rings. The largest absolute Gasteiger partial charge is 0.336 e. The van der Waals surface area contributed by atoms with E-state index < -0.39 is 0 Å². The number of benzene rings is 2. The van der Waals surface area contributed by atoms with Gasteiger partial charge in [-0.15, -0.1) is 0 Å². The zero-order valence-corrected chi connectivity index (χ0v) is 19.1. The molecule has 0 saturated carbocycles. The van der Waals surface area contributed by atoms with Crippen molar-refractivity contribution in [1.82, 2.24) is 19.6 Å². The van der Waals surface area contributed by atoms with Gasteiger partial charge >= 0.3 is 0 Å². The number of rotatable bonds is 4. The van der Waals surface area contributed by atoms with Crippen molar-refractivity contribution >= 4 is 17.5 Å². The molecule has 0 unspecified atom stereocenters. The summed E-state index contributed by atoms with van der Waals surface area (Å²) in [4.78, 5) is 29.9. The van der Waals surface area contributed by atoms with Crippen LogP contribution in [0, 0.1) is 18.3 Å². The van der Waals surface area contributed by atoms with Gasteiger partial charge in [-0.25, -0.2) is 4.68 Å². The average molecular weight is 462 g/mol. The van der Waals surface area contributed by atoms with Gasteiger partial charge in [0.1, 0.15) is 0 Å². The van der Waals surface area contributed by atoms with Gasteiger partial charge in [0.25, 0.3) is 5.91 Å². The Hall–Kier alpha value is -3.47. The maximum Gasteiger partial charge on any atom is 0.278 e. The number of aryl methyl sites for hydroxylation is 1. The zero-order valence-electron chi connectivity index (χ0n) is 18.4. The van der Waals surface area contributed by atoms with Gasteiger partial charge in [0.05, 0.1) is 22.3 Å². The molecule has 7 nitrogen and oxygen atoms in total. The maximum atomic E-state index is 13.3. The Bertz CT molecular complexity index is 1260. The Morgan fingerprint density at radius 3 is 2.58 bits per heavy atom. The fraction of sp³-hybridized carbons (Fsp3) is 0.280. The molecule has 0 radical (unpaired) electrons. The molecule has 0 bridgehead atoms. The van der Waals surface area contributed by atoms with Crippen LogP contribution in [0.15, 0.2) is 59.4 Å². The minimum Gasteiger partial charge on any atom is -0.336 e. The summed E-state index contributed by atoms with van der Waals surface area (Å²) in [7, 11) is 0. The fourth-order valence-electron chi connectivity index (χ4n) is 3.99. The van der Waals surface area contributed by atoms with E-state index in [1.54, 1.807) is 28.6 Å². The van der Waals surface area contributed by atoms with Crippen LogP contribution in [0.3, 0.4) is 0 Å². The van der Waals surface area contributed by atoms with Crippen molar-refractivity contribution in [2.75, 3.05) is 26.2 Å². The molecule has 1 fully saturated rings. The lowest BCUT2D eigenvalue weighted by molar-refractivity contribution is 0.0751. The van der Waals surface area contributed by atoms with Gasteiger partial charge in [0, 0.05) is 44.5 Å². The van der Waals surface area contributed by atoms with E-state index in [4.69, 9.17) is 16.9 Å². The maximum absolute atomic E-state index is 13.3. The van der Waals surface area contributed by atoms with Crippen LogP contribution in [0.1, 0.15) is 33.7 Å². The Morgan fingerprint density at radius 2 is 1.85 bits per heavy atom. The molecule has 1 saturated heterocycles. The summed E-state index contributed by atoms with van der Waals surface area (Å²) in [5.41, 5.74) is 2.50. The highest BCUT2D eigenvalue weighted by atomic mass is 35.5. The highest BCUT2D eigenvalue weighted by Gasteiger charge is 2.24. The monoisotopic (exact) mass is 461 g/mol. The van der Waals surface area contributed by atoms with E-state index in [9.17, 15) is 9.59 Å². The summed E-state index contributed by atoms with van der Waals surface area (Å²) in [6.07, 6.45) is 0.798. The fourth-order valence-corrected chi connectivity index (χ4v) is 4.20. The van der Waals surface area contributed by atoms with E-state index in [1.165, 1.54) is 6.07 Å². The van der Waals surface area contributed by atoms with Crippen molar-refractivity contribution in [2.45, 2.75) is 19.9 Å². The molecule has 1 amide bonds. The quantitative estimate of drug-likeness (QED) is 0.594. The lowest BCUT2D eigenvalue weighted by Crippen LogP contribution is -2.38. The van der Waals surface area contributed by atoms with Crippen LogP contribution in [-0.2, 0) is 6.54 Å². The van der Waals surface area contributed by atoms with Crippen molar-refractivity contribution in [3.63, 3.8) is 0 Å². The first-order valence-corrected chi connectivity index (χ1v) is 11.2. The molecule has 1 aliphatic heterocycles. The van der Waals surface area contributed by atoms with Crippen LogP contribution in [0.2, 0.25) is 5.02 Å². The van der Waals surface area contributed by atoms with E-state index in [1.807, 2.05) is 36.4 Å². The number of hydrogen-bond donors (Lipinski definition) is 0. The minimum absolute atomic E-state index is 0.0962. The van der Waals surface area contributed by atoms with Crippen molar-refractivity contribution in [2.24, 2.45) is 0 Å². The zero-order chi connectivity index (χ0) is 23.4. The first-order valence-electron chi connectivity index (χ1n) is 10.8. The molecule has 168 valence electrons. The first-order chi connectivity index (χ1) is 16.0. The molecule has 1 aromatic heterocycles. The smallest absolute Gasteiger partial charge is 0.278 e. The summed E-state index contributed by atoms with van der Waals surface area (Å²) >= 11 is 6.32. The summed E-state index contributed by atoms with van der Waals surface area (Å²) in [5.74, 6) is -0.360. The second kappa shape index (κ2) is 9.99. The van der Waals surface area contributed by atoms with Gasteiger partial charge in [0.2, 0.25) is 5.43 Å². The number of para-hydroxylation sites is 1. The molecule has 33 heavy (non-hydrogen) atoms. The van der Waals surface area contributed by atoms with Crippen LogP contribution in [0.5, 0.6) is 0 Å². The Labute approximate surface area is 197 Å². The summed E-state index contributed by atoms with van der Waals surface area (Å²) in [5, 5.41) is 13.8. The molecule has 8 heteroatoms. The average Bonchev–Trinajstić information content (AvgIpc) is 3.05. The van der Waals surface area contributed by atoms with E-state index in [2.05, 4.69) is 16.1 Å². The van der Waals surface area contributed by atoms with Gasteiger partial charge in [-0.1, -0.05) is 35.9 Å². The molecular formula is C25H24ClN5O2. The van der Waals surface area contributed by atoms with E-state index in [-0.39, 0.29) is 17.0 Å². The molecule has 2 heterocycles. The van der Waals surface area contributed by atoms with Crippen LogP contribution in [0.25, 0.3) is 5.69 Å². The van der Waals surface area contributed by atoms with Crippen molar-refractivity contribution in [3.8, 4) is 11.8 Å². The summed E-state index contributed by atoms with van der Waals surface area (Å²) in [6.45, 7) is 5.11. The van der Waals surface area contributed by atoms with E-state index in [0.717, 1.165) is 25.1 Å². The number of nitrogens with zero attached hydrogens (tertiary/aromatic N) is 5. The third-order valence-corrected chi connectivity index (χ3v) is 6.08. The third-order valence-electron chi connectivity index (χ3n) is 5.76. The molecule has 1 aliphatic rings. The third kappa shape index (κ3) is 5.14. The lowest BCUT2D eigenvalue weighted by Gasteiger charge is -2.22. The van der Waals surface area contributed by atoms with E-state index in [0.29, 0.717) is 41.6 Å². The first kappa shape index (κ1) is 22.7. The number of hydrogen-bond acceptors (Lipinski definition) is 5. The predicted molar refractivity (Wildman–Crippen MR) is 127 cm³/mol. The Morgan fingerprint density at radius 1 is 1.09 bits per heavy atom. The molecule has 0 N–H and O–H groups in total. The number of aromatic nitrogens is 2. The lowest BCUT2D eigenvalue weighted by atomic mass is 10.1. The standard InChI is InChI=1S/C25H24ClN5O2/c1-18-15-23(32)24(28-31(18)22-6-3-2-5-21(22)26)25(33)30-12-4-11-29(13-14-30)17-20-9-7-19(16-27)8-10-20/h2-3,5-10,15H,4,11-14,17H2,1H3. The molecule has 0 aliphatic carbocycles. The molecular weight excluding hydrogens is 438 g/mol.